The second kappa shape index (κ2) is 5.66. The van der Waals surface area contributed by atoms with Crippen LogP contribution >= 0.6 is 0 Å². The van der Waals surface area contributed by atoms with Crippen molar-refractivity contribution < 1.29 is 0 Å². The van der Waals surface area contributed by atoms with Crippen molar-refractivity contribution in [1.29, 1.82) is 0 Å². The number of hydrogen-bond donors (Lipinski definition) is 0. The van der Waals surface area contributed by atoms with Crippen molar-refractivity contribution in [2.75, 3.05) is 36.0 Å². The lowest BCUT2D eigenvalue weighted by Gasteiger charge is -2.15. The van der Waals surface area contributed by atoms with Gasteiger partial charge >= 0.3 is 0 Å². The first kappa shape index (κ1) is 14.1. The normalized spacial score (nSPS) is 18.2. The molecule has 3 nitrogen and oxygen atoms in total. The van der Waals surface area contributed by atoms with E-state index in [0.29, 0.717) is 0 Å². The smallest absolute Gasteiger partial charge is 0.115 e. The molecule has 0 spiro atoms. The van der Waals surface area contributed by atoms with Crippen molar-refractivity contribution >= 4 is 27.8 Å². The Kier molecular flexibility index (Phi) is 3.32. The molecule has 0 saturated carbocycles. The minimum atomic E-state index is 1.11. The molecule has 2 fully saturated rings. The highest BCUT2D eigenvalue weighted by Gasteiger charge is 2.32. The Morgan fingerprint density at radius 1 is 0.667 bits per heavy atom. The summed E-state index contributed by atoms with van der Waals surface area (Å²) in [5.41, 5.74) is 3.97. The Labute approximate surface area is 142 Å². The molecule has 2 aliphatic heterocycles. The summed E-state index contributed by atoms with van der Waals surface area (Å²) in [7, 11) is 0. The van der Waals surface area contributed by atoms with Crippen LogP contribution < -0.4 is 15.2 Å². The molecule has 0 radical (unpaired) electrons. The van der Waals surface area contributed by atoms with Crippen molar-refractivity contribution in [1.82, 2.24) is 0 Å². The molecule has 3 aromatic rings. The van der Waals surface area contributed by atoms with Crippen LogP contribution in [-0.4, -0.2) is 26.2 Å². The lowest BCUT2D eigenvalue weighted by atomic mass is 10.1. The van der Waals surface area contributed by atoms with Gasteiger partial charge in [-0.15, -0.1) is 0 Å². The highest BCUT2D eigenvalue weighted by Crippen LogP contribution is 2.38. The molecule has 0 N–H and O–H groups in total. The highest BCUT2D eigenvalue weighted by molar-refractivity contribution is 5.93. The molecule has 0 unspecified atom stereocenters. The Balaban J connectivity index is 1.61. The van der Waals surface area contributed by atoms with Gasteiger partial charge in [0.05, 0.1) is 17.1 Å². The van der Waals surface area contributed by atoms with E-state index in [1.165, 1.54) is 79.4 Å². The summed E-state index contributed by atoms with van der Waals surface area (Å²) in [6.07, 6.45) is 5.27. The summed E-state index contributed by atoms with van der Waals surface area (Å²) in [6, 6.07) is 15.0. The molecule has 2 saturated heterocycles. The molecule has 0 atom stereocenters. The Morgan fingerprint density at radius 3 is 1.92 bits per heavy atom. The summed E-state index contributed by atoms with van der Waals surface area (Å²) in [6.45, 7) is 4.78. The Hall–Kier alpha value is -2.29. The van der Waals surface area contributed by atoms with Gasteiger partial charge < -0.3 is 9.80 Å². The maximum Gasteiger partial charge on any atom is 0.115 e. The van der Waals surface area contributed by atoms with Crippen LogP contribution in [0, 0.1) is 0 Å². The average Bonchev–Trinajstić information content (AvgIpc) is 3.08. The zero-order valence-electron chi connectivity index (χ0n) is 14.0. The van der Waals surface area contributed by atoms with Gasteiger partial charge in [0.1, 0.15) is 5.36 Å². The van der Waals surface area contributed by atoms with Gasteiger partial charge in [-0.1, -0.05) is 36.4 Å². The predicted octanol–water partition coefficient (Wildman–Crippen LogP) is 4.15. The molecule has 3 aromatic carbocycles. The van der Waals surface area contributed by atoms with Crippen molar-refractivity contribution in [3.8, 4) is 0 Å². The van der Waals surface area contributed by atoms with Crippen molar-refractivity contribution in [2.24, 2.45) is 4.99 Å². The summed E-state index contributed by atoms with van der Waals surface area (Å²) in [4.78, 5) is 10.2. The first-order chi connectivity index (χ1) is 11.9. The van der Waals surface area contributed by atoms with Gasteiger partial charge in [0.2, 0.25) is 0 Å². The van der Waals surface area contributed by atoms with Crippen LogP contribution in [0.5, 0.6) is 0 Å². The topological polar surface area (TPSA) is 18.8 Å². The van der Waals surface area contributed by atoms with Gasteiger partial charge in [0.15, 0.2) is 0 Å². The zero-order valence-corrected chi connectivity index (χ0v) is 14.0. The molecular weight excluding hydrogens is 294 g/mol. The minimum Gasteiger partial charge on any atom is -0.368 e. The van der Waals surface area contributed by atoms with Gasteiger partial charge in [0, 0.05) is 31.6 Å². The molecule has 2 aliphatic rings. The predicted molar refractivity (Wildman–Crippen MR) is 101 cm³/mol. The number of hydrogen-bond acceptors (Lipinski definition) is 3. The third-order valence-corrected chi connectivity index (χ3v) is 5.45. The molecule has 24 heavy (non-hydrogen) atoms. The van der Waals surface area contributed by atoms with Crippen molar-refractivity contribution in [3.05, 3.63) is 47.8 Å². The molecule has 122 valence electrons. The molecule has 2 heterocycles. The average molecular weight is 317 g/mol. The lowest BCUT2D eigenvalue weighted by Crippen LogP contribution is -2.18. The quantitative estimate of drug-likeness (QED) is 0.723. The van der Waals surface area contributed by atoms with Gasteiger partial charge in [-0.05, 0) is 37.1 Å². The standard InChI is InChI=1S/C21H23N3/c1-2-10-17-16(8-1)9-7-11-18(17)22-19-20(23-12-3-4-13-23)21(19)24-14-5-6-15-24/h1-2,7-11H,3-6,12-15H2. The van der Waals surface area contributed by atoms with Crippen LogP contribution in [0.1, 0.15) is 25.7 Å². The molecule has 5 rings (SSSR count). The largest absolute Gasteiger partial charge is 0.368 e. The molecule has 3 heteroatoms. The van der Waals surface area contributed by atoms with Crippen molar-refractivity contribution in [2.45, 2.75) is 25.7 Å². The summed E-state index contributed by atoms with van der Waals surface area (Å²) in [5.74, 6) is 0. The van der Waals surface area contributed by atoms with E-state index in [1.54, 1.807) is 0 Å². The fraction of sp³-hybridized carbons (Fsp3) is 0.381. The maximum absolute atomic E-state index is 5.11. The summed E-state index contributed by atoms with van der Waals surface area (Å²) >= 11 is 0. The third-order valence-electron chi connectivity index (χ3n) is 5.45. The van der Waals surface area contributed by atoms with Gasteiger partial charge in [0.25, 0.3) is 0 Å². The van der Waals surface area contributed by atoms with Crippen LogP contribution in [0.15, 0.2) is 47.5 Å². The monoisotopic (exact) mass is 317 g/mol. The summed E-state index contributed by atoms with van der Waals surface area (Å²) < 4.78 is 0. The Bertz CT molecular complexity index is 852. The molecular formula is C21H23N3. The van der Waals surface area contributed by atoms with E-state index in [-0.39, 0.29) is 0 Å². The number of anilines is 2. The molecule has 0 aromatic heterocycles. The van der Waals surface area contributed by atoms with E-state index < -0.39 is 0 Å². The third kappa shape index (κ3) is 2.31. The first-order valence-electron chi connectivity index (χ1n) is 9.23. The first-order valence-corrected chi connectivity index (χ1v) is 9.23. The number of nitrogens with zero attached hydrogens (tertiary/aromatic N) is 3. The van der Waals surface area contributed by atoms with Crippen LogP contribution in [0.3, 0.4) is 0 Å². The minimum absolute atomic E-state index is 1.11. The number of fused-ring (bicyclic) bond motifs is 1. The summed E-state index contributed by atoms with van der Waals surface area (Å²) in [5, 5.41) is 3.77. The van der Waals surface area contributed by atoms with E-state index in [9.17, 15) is 0 Å². The van der Waals surface area contributed by atoms with E-state index >= 15 is 0 Å². The van der Waals surface area contributed by atoms with Crippen LogP contribution in [0.4, 0.5) is 17.1 Å². The van der Waals surface area contributed by atoms with E-state index in [2.05, 4.69) is 52.3 Å². The van der Waals surface area contributed by atoms with Crippen LogP contribution in [0.25, 0.3) is 10.8 Å². The second-order valence-electron chi connectivity index (χ2n) is 7.04. The van der Waals surface area contributed by atoms with E-state index in [0.717, 1.165) is 5.69 Å². The molecule has 0 aliphatic carbocycles. The molecule has 0 amide bonds. The highest BCUT2D eigenvalue weighted by atomic mass is 15.3. The SMILES string of the molecule is c1ccc2c(N=c3c(N4CCCC4)c3N3CCCC3)cccc2c1. The second-order valence-corrected chi connectivity index (χ2v) is 7.04. The van der Waals surface area contributed by atoms with Crippen molar-refractivity contribution in [3.63, 3.8) is 0 Å². The van der Waals surface area contributed by atoms with E-state index in [1.807, 2.05) is 0 Å². The number of benzene rings is 2. The van der Waals surface area contributed by atoms with E-state index in [4.69, 9.17) is 4.99 Å². The lowest BCUT2D eigenvalue weighted by molar-refractivity contribution is 0.949. The van der Waals surface area contributed by atoms with Gasteiger partial charge in [-0.25, -0.2) is 4.99 Å². The molecule has 0 bridgehead atoms. The van der Waals surface area contributed by atoms with Gasteiger partial charge in [-0.2, -0.15) is 0 Å². The fourth-order valence-electron chi connectivity index (χ4n) is 4.17. The van der Waals surface area contributed by atoms with Gasteiger partial charge in [-0.3, -0.25) is 0 Å². The fourth-order valence-corrected chi connectivity index (χ4v) is 4.17. The Morgan fingerprint density at radius 2 is 1.25 bits per heavy atom. The zero-order chi connectivity index (χ0) is 15.9. The van der Waals surface area contributed by atoms with Crippen LogP contribution in [-0.2, 0) is 0 Å². The van der Waals surface area contributed by atoms with Crippen LogP contribution in [0.2, 0.25) is 0 Å². The maximum atomic E-state index is 5.11. The number of rotatable bonds is 3.